The largest absolute Gasteiger partial charge is 0.325 e. The fourth-order valence-electron chi connectivity index (χ4n) is 3.52. The van der Waals surface area contributed by atoms with Crippen molar-refractivity contribution in [1.29, 1.82) is 0 Å². The Hall–Kier alpha value is -2.99. The summed E-state index contributed by atoms with van der Waals surface area (Å²) >= 11 is 6.41. The lowest BCUT2D eigenvalue weighted by atomic mass is 10.00. The molecule has 0 unspecified atom stereocenters. The summed E-state index contributed by atoms with van der Waals surface area (Å²) in [6.45, 7) is 8.02. The molecule has 0 fully saturated rings. The first-order chi connectivity index (χ1) is 13.8. The molecule has 1 aromatic carbocycles. The molecule has 3 aromatic heterocycles. The molecule has 0 aliphatic heterocycles. The molecule has 4 rings (SSSR count). The number of fused-ring (bicyclic) bond motifs is 1. The molecule has 0 amide bonds. The highest BCUT2D eigenvalue weighted by atomic mass is 35.5. The molecule has 29 heavy (non-hydrogen) atoms. The molecule has 7 heteroatoms. The minimum absolute atomic E-state index is 0.200. The minimum atomic E-state index is -0.381. The van der Waals surface area contributed by atoms with Gasteiger partial charge in [0.2, 0.25) is 0 Å². The van der Waals surface area contributed by atoms with Crippen molar-refractivity contribution < 1.29 is 4.39 Å². The number of benzene rings is 1. The first kappa shape index (κ1) is 19.3. The third-order valence-electron chi connectivity index (χ3n) is 4.73. The highest BCUT2D eigenvalue weighted by molar-refractivity contribution is 6.33. The second kappa shape index (κ2) is 7.44. The van der Waals surface area contributed by atoms with E-state index >= 15 is 0 Å². The minimum Gasteiger partial charge on any atom is -0.325 e. The van der Waals surface area contributed by atoms with Gasteiger partial charge < -0.3 is 5.32 Å². The van der Waals surface area contributed by atoms with Crippen molar-refractivity contribution in [3.05, 3.63) is 71.7 Å². The molecular formula is C22H20ClFN5. The molecule has 0 bridgehead atoms. The van der Waals surface area contributed by atoms with Gasteiger partial charge in [0.25, 0.3) is 0 Å². The lowest BCUT2D eigenvalue weighted by molar-refractivity contribution is 0.629. The molecule has 0 aliphatic carbocycles. The van der Waals surface area contributed by atoms with Crippen LogP contribution in [0.1, 0.15) is 31.0 Å². The van der Waals surface area contributed by atoms with Crippen molar-refractivity contribution in [1.82, 2.24) is 19.7 Å². The van der Waals surface area contributed by atoms with Crippen LogP contribution in [-0.2, 0) is 7.05 Å². The Morgan fingerprint density at radius 2 is 1.90 bits per heavy atom. The predicted octanol–water partition coefficient (Wildman–Crippen LogP) is 5.87. The van der Waals surface area contributed by atoms with E-state index < -0.39 is 0 Å². The molecule has 1 radical (unpaired) electrons. The zero-order valence-electron chi connectivity index (χ0n) is 16.4. The van der Waals surface area contributed by atoms with Gasteiger partial charge in [-0.25, -0.2) is 14.4 Å². The second-order valence-corrected chi connectivity index (χ2v) is 7.65. The first-order valence-electron chi connectivity index (χ1n) is 9.20. The number of aromatic nitrogens is 4. The molecule has 0 spiro atoms. The summed E-state index contributed by atoms with van der Waals surface area (Å²) in [6, 6.07) is 8.79. The van der Waals surface area contributed by atoms with Crippen LogP contribution >= 0.6 is 11.6 Å². The summed E-state index contributed by atoms with van der Waals surface area (Å²) in [5.74, 6) is 0.993. The van der Waals surface area contributed by atoms with Gasteiger partial charge in [0, 0.05) is 36.1 Å². The fraction of sp³-hybridized carbons (Fsp3) is 0.182. The van der Waals surface area contributed by atoms with E-state index in [1.165, 1.54) is 6.07 Å². The van der Waals surface area contributed by atoms with Gasteiger partial charge in [-0.1, -0.05) is 25.4 Å². The molecule has 147 valence electrons. The number of anilines is 2. The standard InChI is InChI=1S/C22H20ClFN5/c1-12(2)22-16-8-14(9-18(24)21(16)28-29(22)4)15-10-20(26-11-17(15)23)27-19-7-13(3)5-6-25-19/h5-12H,3H2,1-2,4H3,(H,25,26,27). The van der Waals surface area contributed by atoms with Crippen molar-refractivity contribution in [2.45, 2.75) is 19.8 Å². The first-order valence-corrected chi connectivity index (χ1v) is 9.58. The third kappa shape index (κ3) is 3.68. The maximum absolute atomic E-state index is 14.8. The van der Waals surface area contributed by atoms with Crippen molar-refractivity contribution >= 4 is 34.1 Å². The van der Waals surface area contributed by atoms with Gasteiger partial charge in [0.05, 0.1) is 5.02 Å². The van der Waals surface area contributed by atoms with Crippen molar-refractivity contribution in [2.24, 2.45) is 7.05 Å². The van der Waals surface area contributed by atoms with Crippen LogP contribution in [0.5, 0.6) is 0 Å². The van der Waals surface area contributed by atoms with Gasteiger partial charge in [-0.15, -0.1) is 0 Å². The zero-order chi connectivity index (χ0) is 20.7. The maximum Gasteiger partial charge on any atom is 0.151 e. The van der Waals surface area contributed by atoms with Crippen LogP contribution in [0.15, 0.2) is 42.7 Å². The number of rotatable bonds is 4. The highest BCUT2D eigenvalue weighted by Gasteiger charge is 2.18. The van der Waals surface area contributed by atoms with E-state index in [0.29, 0.717) is 33.3 Å². The van der Waals surface area contributed by atoms with Gasteiger partial charge >= 0.3 is 0 Å². The second-order valence-electron chi connectivity index (χ2n) is 7.24. The number of aryl methyl sites for hydroxylation is 1. The van der Waals surface area contributed by atoms with E-state index in [-0.39, 0.29) is 11.7 Å². The lowest BCUT2D eigenvalue weighted by Crippen LogP contribution is -1.99. The molecule has 0 aliphatic rings. The molecule has 3 heterocycles. The summed E-state index contributed by atoms with van der Waals surface area (Å²) in [4.78, 5) is 8.56. The Morgan fingerprint density at radius 1 is 1.14 bits per heavy atom. The van der Waals surface area contributed by atoms with Crippen LogP contribution in [0, 0.1) is 12.7 Å². The van der Waals surface area contributed by atoms with Crippen LogP contribution in [0.3, 0.4) is 0 Å². The van der Waals surface area contributed by atoms with Crippen LogP contribution < -0.4 is 5.32 Å². The van der Waals surface area contributed by atoms with Gasteiger partial charge in [0.15, 0.2) is 5.82 Å². The Morgan fingerprint density at radius 3 is 2.62 bits per heavy atom. The summed E-state index contributed by atoms with van der Waals surface area (Å²) in [7, 11) is 1.83. The van der Waals surface area contributed by atoms with E-state index in [1.54, 1.807) is 23.1 Å². The molecule has 0 saturated carbocycles. The quantitative estimate of drug-likeness (QED) is 0.458. The number of nitrogens with zero attached hydrogens (tertiary/aromatic N) is 4. The molecular weight excluding hydrogens is 389 g/mol. The number of nitrogens with one attached hydrogen (secondary N) is 1. The maximum atomic E-state index is 14.8. The number of hydrogen-bond acceptors (Lipinski definition) is 4. The summed E-state index contributed by atoms with van der Waals surface area (Å²) in [5, 5.41) is 8.70. The predicted molar refractivity (Wildman–Crippen MR) is 115 cm³/mol. The topological polar surface area (TPSA) is 55.6 Å². The normalized spacial score (nSPS) is 11.4. The number of halogens is 2. The van der Waals surface area contributed by atoms with Crippen LogP contribution in [0.4, 0.5) is 16.0 Å². The van der Waals surface area contributed by atoms with Crippen LogP contribution in [0.25, 0.3) is 22.0 Å². The molecule has 4 aromatic rings. The molecule has 5 nitrogen and oxygen atoms in total. The lowest BCUT2D eigenvalue weighted by Gasteiger charge is -2.11. The van der Waals surface area contributed by atoms with E-state index in [2.05, 4.69) is 41.2 Å². The smallest absolute Gasteiger partial charge is 0.151 e. The highest BCUT2D eigenvalue weighted by Crippen LogP contribution is 2.35. The average Bonchev–Trinajstić information content (AvgIpc) is 3.00. The fourth-order valence-corrected chi connectivity index (χ4v) is 3.73. The Kier molecular flexibility index (Phi) is 4.96. The summed E-state index contributed by atoms with van der Waals surface area (Å²) in [5.41, 5.74) is 3.51. The average molecular weight is 409 g/mol. The number of hydrogen-bond donors (Lipinski definition) is 1. The Bertz CT molecular complexity index is 1220. The van der Waals surface area contributed by atoms with E-state index in [0.717, 1.165) is 16.6 Å². The SMILES string of the molecule is [CH2]c1ccnc(Nc2cc(-c3cc(F)c4nn(C)c(C(C)C)c4c3)c(Cl)cn2)c1. The third-order valence-corrected chi connectivity index (χ3v) is 5.03. The van der Waals surface area contributed by atoms with Gasteiger partial charge in [-0.3, -0.25) is 4.68 Å². The molecule has 0 atom stereocenters. The van der Waals surface area contributed by atoms with Crippen molar-refractivity contribution in [3.63, 3.8) is 0 Å². The van der Waals surface area contributed by atoms with Gasteiger partial charge in [0.1, 0.15) is 17.2 Å². The van der Waals surface area contributed by atoms with Gasteiger partial charge in [-0.05, 0) is 54.3 Å². The Balaban J connectivity index is 1.82. The van der Waals surface area contributed by atoms with Crippen LogP contribution in [0.2, 0.25) is 5.02 Å². The Labute approximate surface area is 173 Å². The number of pyridine rings is 2. The zero-order valence-corrected chi connectivity index (χ0v) is 17.1. The van der Waals surface area contributed by atoms with E-state index in [4.69, 9.17) is 11.6 Å². The van der Waals surface area contributed by atoms with E-state index in [1.807, 2.05) is 25.2 Å². The van der Waals surface area contributed by atoms with Crippen molar-refractivity contribution in [2.75, 3.05) is 5.32 Å². The van der Waals surface area contributed by atoms with Crippen LogP contribution in [-0.4, -0.2) is 19.7 Å². The summed E-state index contributed by atoms with van der Waals surface area (Å²) < 4.78 is 16.6. The van der Waals surface area contributed by atoms with E-state index in [9.17, 15) is 4.39 Å². The molecule has 1 N–H and O–H groups in total. The van der Waals surface area contributed by atoms with Gasteiger partial charge in [-0.2, -0.15) is 5.10 Å². The van der Waals surface area contributed by atoms with Crippen molar-refractivity contribution in [3.8, 4) is 11.1 Å². The molecule has 0 saturated heterocycles. The monoisotopic (exact) mass is 408 g/mol. The summed E-state index contributed by atoms with van der Waals surface area (Å²) in [6.07, 6.45) is 3.21.